The molecule has 8 nitrogen and oxygen atoms in total. The maximum atomic E-state index is 14.3. The number of amides is 2. The lowest BCUT2D eigenvalue weighted by Crippen LogP contribution is -2.54. The van der Waals surface area contributed by atoms with Gasteiger partial charge < -0.3 is 15.0 Å². The number of para-hydroxylation sites is 2. The molecule has 43 heavy (non-hydrogen) atoms. The number of nitrogens with one attached hydrogen (secondary N) is 1. The number of hydrogen-bond acceptors (Lipinski definition) is 5. The van der Waals surface area contributed by atoms with Gasteiger partial charge in [0, 0.05) is 17.6 Å². The molecule has 230 valence electrons. The first-order valence-electron chi connectivity index (χ1n) is 14.7. The number of ether oxygens (including phenoxy) is 1. The van der Waals surface area contributed by atoms with Crippen molar-refractivity contribution in [3.05, 3.63) is 88.9 Å². The fourth-order valence-electron chi connectivity index (χ4n) is 5.46. The Hall–Kier alpha value is -3.56. The molecule has 0 aliphatic heterocycles. The Kier molecular flexibility index (Phi) is 11.1. The van der Waals surface area contributed by atoms with Crippen molar-refractivity contribution in [2.75, 3.05) is 18.0 Å². The Morgan fingerprint density at radius 3 is 2.28 bits per heavy atom. The maximum Gasteiger partial charge on any atom is 0.264 e. The van der Waals surface area contributed by atoms with Crippen LogP contribution in [0.3, 0.4) is 0 Å². The van der Waals surface area contributed by atoms with E-state index in [1.165, 1.54) is 24.1 Å². The quantitative estimate of drug-likeness (QED) is 0.262. The van der Waals surface area contributed by atoms with Crippen molar-refractivity contribution in [1.82, 2.24) is 10.2 Å². The normalized spacial score (nSPS) is 14.5. The Balaban J connectivity index is 1.74. The van der Waals surface area contributed by atoms with E-state index in [0.29, 0.717) is 22.8 Å². The van der Waals surface area contributed by atoms with E-state index in [1.54, 1.807) is 54.6 Å². The van der Waals surface area contributed by atoms with E-state index in [1.807, 2.05) is 19.9 Å². The number of methoxy groups -OCH3 is 1. The molecule has 1 aliphatic carbocycles. The highest BCUT2D eigenvalue weighted by atomic mass is 35.5. The van der Waals surface area contributed by atoms with Crippen LogP contribution in [0.15, 0.2) is 77.7 Å². The van der Waals surface area contributed by atoms with Crippen LogP contribution in [-0.4, -0.2) is 50.9 Å². The van der Waals surface area contributed by atoms with Crippen LogP contribution in [0.25, 0.3) is 0 Å². The fraction of sp³-hybridized carbons (Fsp3) is 0.394. The van der Waals surface area contributed by atoms with E-state index in [4.69, 9.17) is 16.3 Å². The second kappa shape index (κ2) is 14.8. The first-order chi connectivity index (χ1) is 20.6. The summed E-state index contributed by atoms with van der Waals surface area (Å²) in [5, 5.41) is 3.61. The van der Waals surface area contributed by atoms with Crippen LogP contribution in [0.5, 0.6) is 5.75 Å². The largest absolute Gasteiger partial charge is 0.495 e. The van der Waals surface area contributed by atoms with Crippen LogP contribution in [0, 0.1) is 6.92 Å². The number of nitrogens with zero attached hydrogens (tertiary/aromatic N) is 2. The summed E-state index contributed by atoms with van der Waals surface area (Å²) in [5.74, 6) is -0.488. The number of carbonyl (C=O) groups is 2. The lowest BCUT2D eigenvalue weighted by molar-refractivity contribution is -0.140. The van der Waals surface area contributed by atoms with Gasteiger partial charge in [-0.15, -0.1) is 0 Å². The third kappa shape index (κ3) is 7.89. The van der Waals surface area contributed by atoms with Gasteiger partial charge in [-0.2, -0.15) is 0 Å². The lowest BCUT2D eigenvalue weighted by Gasteiger charge is -2.34. The number of sulfonamides is 1. The van der Waals surface area contributed by atoms with Gasteiger partial charge in [-0.25, -0.2) is 8.42 Å². The van der Waals surface area contributed by atoms with Gasteiger partial charge in [-0.3, -0.25) is 13.9 Å². The van der Waals surface area contributed by atoms with E-state index in [0.717, 1.165) is 42.0 Å². The zero-order chi connectivity index (χ0) is 31.0. The topological polar surface area (TPSA) is 96.0 Å². The average Bonchev–Trinajstić information content (AvgIpc) is 3.01. The van der Waals surface area contributed by atoms with E-state index in [-0.39, 0.29) is 29.1 Å². The summed E-state index contributed by atoms with van der Waals surface area (Å²) in [5.41, 5.74) is 1.78. The summed E-state index contributed by atoms with van der Waals surface area (Å²) >= 11 is 6.50. The van der Waals surface area contributed by atoms with Crippen LogP contribution in [0.4, 0.5) is 5.69 Å². The van der Waals surface area contributed by atoms with Gasteiger partial charge in [-0.1, -0.05) is 85.8 Å². The molecule has 2 amide bonds. The summed E-state index contributed by atoms with van der Waals surface area (Å²) in [4.78, 5) is 29.5. The van der Waals surface area contributed by atoms with Crippen LogP contribution < -0.4 is 14.4 Å². The monoisotopic (exact) mass is 625 g/mol. The minimum absolute atomic E-state index is 0.0385. The smallest absolute Gasteiger partial charge is 0.264 e. The van der Waals surface area contributed by atoms with Gasteiger partial charge in [0.25, 0.3) is 10.0 Å². The number of benzene rings is 3. The summed E-state index contributed by atoms with van der Waals surface area (Å²) in [7, 11) is -2.76. The second-order valence-corrected chi connectivity index (χ2v) is 13.1. The number of aryl methyl sites for hydroxylation is 1. The van der Waals surface area contributed by atoms with Gasteiger partial charge in [0.15, 0.2) is 0 Å². The Labute approximate surface area is 260 Å². The molecule has 1 aliphatic rings. The molecular weight excluding hydrogens is 586 g/mol. The van der Waals surface area contributed by atoms with Crippen LogP contribution in [0.2, 0.25) is 5.02 Å². The molecule has 0 radical (unpaired) electrons. The predicted molar refractivity (Wildman–Crippen MR) is 170 cm³/mol. The second-order valence-electron chi connectivity index (χ2n) is 10.9. The summed E-state index contributed by atoms with van der Waals surface area (Å²) < 4.78 is 34.8. The van der Waals surface area contributed by atoms with Gasteiger partial charge in [0.05, 0.1) is 17.7 Å². The van der Waals surface area contributed by atoms with E-state index in [9.17, 15) is 18.0 Å². The number of halogens is 1. The molecule has 0 spiro atoms. The minimum Gasteiger partial charge on any atom is -0.495 e. The van der Waals surface area contributed by atoms with Gasteiger partial charge in [-0.05, 0) is 62.1 Å². The molecule has 0 aromatic heterocycles. The molecule has 1 N–H and O–H groups in total. The Morgan fingerprint density at radius 1 is 0.977 bits per heavy atom. The maximum absolute atomic E-state index is 14.3. The van der Waals surface area contributed by atoms with Crippen molar-refractivity contribution in [3.63, 3.8) is 0 Å². The highest BCUT2D eigenvalue weighted by molar-refractivity contribution is 7.92. The number of rotatable bonds is 12. The molecular formula is C33H40ClN3O5S. The van der Waals surface area contributed by atoms with Crippen LogP contribution in [0.1, 0.15) is 56.6 Å². The number of hydrogen-bond donors (Lipinski definition) is 1. The molecule has 0 bridgehead atoms. The molecule has 1 fully saturated rings. The predicted octanol–water partition coefficient (Wildman–Crippen LogP) is 6.11. The minimum atomic E-state index is -4.21. The summed E-state index contributed by atoms with van der Waals surface area (Å²) in [6.45, 7) is 3.21. The molecule has 1 saturated carbocycles. The van der Waals surface area contributed by atoms with Crippen LogP contribution in [-0.2, 0) is 26.2 Å². The van der Waals surface area contributed by atoms with Gasteiger partial charge >= 0.3 is 0 Å². The highest BCUT2D eigenvalue weighted by Crippen LogP contribution is 2.33. The molecule has 4 rings (SSSR count). The Morgan fingerprint density at radius 2 is 1.63 bits per heavy atom. The standard InChI is InChI=1S/C33H40ClN3O5S/c1-4-29(33(39)35-26-13-6-5-7-14-26)36(22-25-12-8-9-15-28(25)34)32(38)23-37(30-16-10-11-17-31(30)42-3)43(40,41)27-20-18-24(2)19-21-27/h8-12,15-21,26,29H,4-7,13-14,22-23H2,1-3H3,(H,35,39)/t29-/m1/s1. The SMILES string of the molecule is CC[C@H](C(=O)NC1CCCCC1)N(Cc1ccccc1Cl)C(=O)CN(c1ccccc1OC)S(=O)(=O)c1ccc(C)cc1. The van der Waals surface area contributed by atoms with Crippen molar-refractivity contribution in [1.29, 1.82) is 0 Å². The van der Waals surface area contributed by atoms with Crippen molar-refractivity contribution in [2.45, 2.75) is 75.9 Å². The zero-order valence-corrected chi connectivity index (χ0v) is 26.5. The van der Waals surface area contributed by atoms with Crippen LogP contribution >= 0.6 is 11.6 Å². The van der Waals surface area contributed by atoms with Gasteiger partial charge in [0.1, 0.15) is 18.3 Å². The molecule has 0 saturated heterocycles. The van der Waals surface area contributed by atoms with Crippen molar-refractivity contribution < 1.29 is 22.7 Å². The summed E-state index contributed by atoms with van der Waals surface area (Å²) in [6.07, 6.45) is 5.39. The Bertz CT molecular complexity index is 1510. The lowest BCUT2D eigenvalue weighted by atomic mass is 9.95. The third-order valence-electron chi connectivity index (χ3n) is 7.88. The zero-order valence-electron chi connectivity index (χ0n) is 25.0. The molecule has 10 heteroatoms. The number of anilines is 1. The van der Waals surface area contributed by atoms with E-state index < -0.39 is 28.5 Å². The third-order valence-corrected chi connectivity index (χ3v) is 10.0. The number of carbonyl (C=O) groups excluding carboxylic acids is 2. The highest BCUT2D eigenvalue weighted by Gasteiger charge is 2.35. The fourth-order valence-corrected chi connectivity index (χ4v) is 7.08. The van der Waals surface area contributed by atoms with Crippen molar-refractivity contribution >= 4 is 39.1 Å². The van der Waals surface area contributed by atoms with E-state index >= 15 is 0 Å². The van der Waals surface area contributed by atoms with Crippen molar-refractivity contribution in [2.24, 2.45) is 0 Å². The molecule has 3 aromatic rings. The van der Waals surface area contributed by atoms with Crippen molar-refractivity contribution in [3.8, 4) is 5.75 Å². The summed E-state index contributed by atoms with van der Waals surface area (Å²) in [6, 6.07) is 19.5. The molecule has 1 atom stereocenters. The molecule has 0 heterocycles. The van der Waals surface area contributed by atoms with Gasteiger partial charge in [0.2, 0.25) is 11.8 Å². The molecule has 3 aromatic carbocycles. The average molecular weight is 626 g/mol. The molecule has 0 unspecified atom stereocenters. The first-order valence-corrected chi connectivity index (χ1v) is 16.5. The first kappa shape index (κ1) is 32.4. The van der Waals surface area contributed by atoms with E-state index in [2.05, 4.69) is 5.32 Å².